The smallest absolute Gasteiger partial charge is 0.320 e. The summed E-state index contributed by atoms with van der Waals surface area (Å²) in [5.74, 6) is -0.668. The Hall–Kier alpha value is -2.48. The van der Waals surface area contributed by atoms with Crippen molar-refractivity contribution in [3.8, 4) is 0 Å². The molecule has 3 aliphatic rings. The number of likely N-dealkylation sites (tertiary alicyclic amines) is 2. The molecular formula is C25H32F2N4O2. The van der Waals surface area contributed by atoms with Gasteiger partial charge in [-0.3, -0.25) is 5.10 Å². The Morgan fingerprint density at radius 2 is 2.00 bits per heavy atom. The molecule has 3 heterocycles. The number of carbonyl (C=O) groups is 1. The Morgan fingerprint density at radius 1 is 1.24 bits per heavy atom. The summed E-state index contributed by atoms with van der Waals surface area (Å²) in [5.41, 5.74) is 2.49. The first kappa shape index (κ1) is 22.3. The molecule has 1 aliphatic carbocycles. The molecule has 0 bridgehead atoms. The van der Waals surface area contributed by atoms with Crippen LogP contribution in [0, 0.1) is 35.8 Å². The van der Waals surface area contributed by atoms with Crippen LogP contribution in [0.25, 0.3) is 0 Å². The lowest BCUT2D eigenvalue weighted by atomic mass is 9.56. The molecule has 5 rings (SSSR count). The van der Waals surface area contributed by atoms with E-state index in [1.165, 1.54) is 6.07 Å². The van der Waals surface area contributed by atoms with Gasteiger partial charge in [0, 0.05) is 61.3 Å². The van der Waals surface area contributed by atoms with Crippen LogP contribution >= 0.6 is 0 Å². The van der Waals surface area contributed by atoms with Crippen molar-refractivity contribution in [3.63, 3.8) is 0 Å². The molecule has 2 aromatic rings. The monoisotopic (exact) mass is 458 g/mol. The number of aromatic amines is 1. The van der Waals surface area contributed by atoms with Crippen molar-refractivity contribution in [2.75, 3.05) is 32.8 Å². The van der Waals surface area contributed by atoms with Crippen LogP contribution in [0.4, 0.5) is 13.6 Å². The van der Waals surface area contributed by atoms with E-state index in [9.17, 15) is 18.7 Å². The van der Waals surface area contributed by atoms with E-state index in [-0.39, 0.29) is 29.4 Å². The molecule has 2 saturated heterocycles. The van der Waals surface area contributed by atoms with Gasteiger partial charge in [0.1, 0.15) is 11.6 Å². The van der Waals surface area contributed by atoms with E-state index in [1.807, 2.05) is 16.7 Å². The lowest BCUT2D eigenvalue weighted by Crippen LogP contribution is -2.65. The molecule has 8 heteroatoms. The highest BCUT2D eigenvalue weighted by Gasteiger charge is 2.56. The molecule has 6 nitrogen and oxygen atoms in total. The quantitative estimate of drug-likeness (QED) is 0.719. The Morgan fingerprint density at radius 3 is 2.61 bits per heavy atom. The number of carbonyl (C=O) groups excluding carboxylic acids is 1. The van der Waals surface area contributed by atoms with Crippen molar-refractivity contribution < 1.29 is 18.7 Å². The third-order valence-corrected chi connectivity index (χ3v) is 8.43. The van der Waals surface area contributed by atoms with Crippen molar-refractivity contribution in [2.24, 2.45) is 17.3 Å². The number of nitrogens with one attached hydrogen (secondary N) is 1. The van der Waals surface area contributed by atoms with Crippen molar-refractivity contribution in [3.05, 3.63) is 52.9 Å². The standard InChI is InChI=1S/C25H32F2N4O2/c1-3-25(22-16(2)10-28-29-22)15-30(11-19(25)12-32)23(33)31-13-24(14-31)8-17(9-24)6-18-4-5-20(26)7-21(18)27/h4-5,7,10,17,19,32H,3,6,8-9,11-15H2,1-2H3,(H,28,29)/t19-,25-/m1/s1. The first-order chi connectivity index (χ1) is 15.8. The molecule has 3 fully saturated rings. The first-order valence-corrected chi connectivity index (χ1v) is 11.9. The summed E-state index contributed by atoms with van der Waals surface area (Å²) in [6, 6.07) is 3.84. The Kier molecular flexibility index (Phi) is 5.46. The summed E-state index contributed by atoms with van der Waals surface area (Å²) in [7, 11) is 0. The Bertz CT molecular complexity index is 1040. The molecule has 1 aromatic carbocycles. The fourth-order valence-corrected chi connectivity index (χ4v) is 6.73. The minimum absolute atomic E-state index is 0.0282. The number of hydrogen-bond acceptors (Lipinski definition) is 3. The van der Waals surface area contributed by atoms with E-state index < -0.39 is 11.6 Å². The molecule has 178 valence electrons. The predicted octanol–water partition coefficient (Wildman–Crippen LogP) is 3.64. The maximum absolute atomic E-state index is 14.0. The van der Waals surface area contributed by atoms with Crippen LogP contribution in [0.5, 0.6) is 0 Å². The normalized spacial score (nSPS) is 26.5. The minimum atomic E-state index is -0.547. The molecule has 2 amide bonds. The highest BCUT2D eigenvalue weighted by atomic mass is 19.1. The SMILES string of the molecule is CC[C@@]1(c2[nH]ncc2C)CN(C(=O)N2CC3(CC(Cc4ccc(F)cc4F)C3)C2)C[C@@H]1CO. The number of aromatic nitrogens is 2. The second-order valence-corrected chi connectivity index (χ2v) is 10.6. The largest absolute Gasteiger partial charge is 0.396 e. The van der Waals surface area contributed by atoms with E-state index in [4.69, 9.17) is 0 Å². The van der Waals surface area contributed by atoms with Crippen LogP contribution in [0.15, 0.2) is 24.4 Å². The van der Waals surface area contributed by atoms with E-state index >= 15 is 0 Å². The molecule has 2 atom stereocenters. The van der Waals surface area contributed by atoms with Gasteiger partial charge in [-0.1, -0.05) is 13.0 Å². The van der Waals surface area contributed by atoms with Gasteiger partial charge in [0.2, 0.25) is 0 Å². The molecular weight excluding hydrogens is 426 g/mol. The van der Waals surface area contributed by atoms with E-state index in [2.05, 4.69) is 17.1 Å². The molecule has 33 heavy (non-hydrogen) atoms. The predicted molar refractivity (Wildman–Crippen MR) is 120 cm³/mol. The number of aryl methyl sites for hydroxylation is 1. The van der Waals surface area contributed by atoms with E-state index in [0.717, 1.165) is 49.7 Å². The molecule has 1 aromatic heterocycles. The van der Waals surface area contributed by atoms with Crippen LogP contribution in [0.3, 0.4) is 0 Å². The highest BCUT2D eigenvalue weighted by molar-refractivity contribution is 5.76. The number of nitrogens with zero attached hydrogens (tertiary/aromatic N) is 3. The maximum Gasteiger partial charge on any atom is 0.320 e. The fraction of sp³-hybridized carbons (Fsp3) is 0.600. The van der Waals surface area contributed by atoms with Crippen LogP contribution in [-0.2, 0) is 11.8 Å². The number of aliphatic hydroxyl groups is 1. The number of aliphatic hydroxyl groups excluding tert-OH is 1. The van der Waals surface area contributed by atoms with Gasteiger partial charge in [-0.2, -0.15) is 5.10 Å². The van der Waals surface area contributed by atoms with E-state index in [1.54, 1.807) is 12.3 Å². The topological polar surface area (TPSA) is 72.5 Å². The zero-order valence-electron chi connectivity index (χ0n) is 19.3. The van der Waals surface area contributed by atoms with Crippen LogP contribution in [0.2, 0.25) is 0 Å². The van der Waals surface area contributed by atoms with Gasteiger partial charge < -0.3 is 14.9 Å². The van der Waals surface area contributed by atoms with Crippen molar-refractivity contribution in [1.29, 1.82) is 0 Å². The van der Waals surface area contributed by atoms with Gasteiger partial charge in [-0.15, -0.1) is 0 Å². The van der Waals surface area contributed by atoms with Gasteiger partial charge in [0.25, 0.3) is 0 Å². The number of urea groups is 1. The second kappa shape index (κ2) is 8.08. The third kappa shape index (κ3) is 3.63. The summed E-state index contributed by atoms with van der Waals surface area (Å²) in [6.45, 7) is 6.73. The molecule has 2 N–H and O–H groups in total. The molecule has 1 spiro atoms. The molecule has 2 aliphatic heterocycles. The van der Waals surface area contributed by atoms with Crippen molar-refractivity contribution in [1.82, 2.24) is 20.0 Å². The zero-order valence-corrected chi connectivity index (χ0v) is 19.3. The number of hydrogen-bond donors (Lipinski definition) is 2. The van der Waals surface area contributed by atoms with Gasteiger partial charge in [-0.25, -0.2) is 13.6 Å². The fourth-order valence-electron chi connectivity index (χ4n) is 6.73. The first-order valence-electron chi connectivity index (χ1n) is 11.9. The lowest BCUT2D eigenvalue weighted by molar-refractivity contribution is -0.0757. The maximum atomic E-state index is 14.0. The van der Waals surface area contributed by atoms with Crippen molar-refractivity contribution >= 4 is 6.03 Å². The molecule has 0 unspecified atom stereocenters. The third-order valence-electron chi connectivity index (χ3n) is 8.43. The van der Waals surface area contributed by atoms with Gasteiger partial charge in [0.05, 0.1) is 6.20 Å². The number of halogens is 2. The summed E-state index contributed by atoms with van der Waals surface area (Å²) in [5, 5.41) is 17.4. The highest BCUT2D eigenvalue weighted by Crippen LogP contribution is 2.53. The van der Waals surface area contributed by atoms with Crippen molar-refractivity contribution in [2.45, 2.75) is 44.9 Å². The van der Waals surface area contributed by atoms with Crippen LogP contribution in [-0.4, -0.2) is 63.9 Å². The number of H-pyrrole nitrogens is 1. The van der Waals surface area contributed by atoms with Gasteiger partial charge in [0.15, 0.2) is 0 Å². The summed E-state index contributed by atoms with van der Waals surface area (Å²) in [6.07, 6.45) is 5.18. The second-order valence-electron chi connectivity index (χ2n) is 10.6. The molecule has 1 saturated carbocycles. The summed E-state index contributed by atoms with van der Waals surface area (Å²) in [4.78, 5) is 17.1. The van der Waals surface area contributed by atoms with E-state index in [0.29, 0.717) is 31.0 Å². The van der Waals surface area contributed by atoms with Gasteiger partial charge >= 0.3 is 6.03 Å². The minimum Gasteiger partial charge on any atom is -0.396 e. The number of rotatable bonds is 5. The molecule has 0 radical (unpaired) electrons. The summed E-state index contributed by atoms with van der Waals surface area (Å²) < 4.78 is 27.1. The van der Waals surface area contributed by atoms with Crippen LogP contribution < -0.4 is 0 Å². The lowest BCUT2D eigenvalue weighted by Gasteiger charge is -2.59. The number of amides is 2. The Balaban J connectivity index is 1.18. The van der Waals surface area contributed by atoms with Gasteiger partial charge in [-0.05, 0) is 55.7 Å². The average Bonchev–Trinajstić information content (AvgIpc) is 3.33. The Labute approximate surface area is 193 Å². The summed E-state index contributed by atoms with van der Waals surface area (Å²) >= 11 is 0. The zero-order chi connectivity index (χ0) is 23.4. The average molecular weight is 459 g/mol. The van der Waals surface area contributed by atoms with Crippen LogP contribution in [0.1, 0.15) is 43.0 Å². The number of benzene rings is 1.